The van der Waals surface area contributed by atoms with E-state index in [2.05, 4.69) is 46.4 Å². The fraction of sp³-hybridized carbons (Fsp3) is 0.750. The van der Waals surface area contributed by atoms with Crippen LogP contribution in [-0.4, -0.2) is 49.1 Å². The van der Waals surface area contributed by atoms with E-state index in [9.17, 15) is 0 Å². The van der Waals surface area contributed by atoms with E-state index in [0.29, 0.717) is 12.5 Å². The molecule has 2 heterocycles. The number of piperidine rings is 1. The van der Waals surface area contributed by atoms with Gasteiger partial charge in [0.2, 0.25) is 0 Å². The van der Waals surface area contributed by atoms with E-state index in [4.69, 9.17) is 0 Å². The van der Waals surface area contributed by atoms with E-state index >= 15 is 0 Å². The number of guanidine groups is 1. The van der Waals surface area contributed by atoms with Gasteiger partial charge in [0.25, 0.3) is 0 Å². The summed E-state index contributed by atoms with van der Waals surface area (Å²) < 4.78 is 0. The van der Waals surface area contributed by atoms with Crippen molar-refractivity contribution >= 4 is 41.3 Å². The van der Waals surface area contributed by atoms with Crippen LogP contribution in [0, 0.1) is 5.92 Å². The highest BCUT2D eigenvalue weighted by atomic mass is 127. The summed E-state index contributed by atoms with van der Waals surface area (Å²) in [5.74, 6) is 1.62. The van der Waals surface area contributed by atoms with Crippen molar-refractivity contribution in [3.05, 3.63) is 16.1 Å². The molecule has 2 rings (SSSR count). The van der Waals surface area contributed by atoms with Crippen LogP contribution in [0.15, 0.2) is 11.2 Å². The van der Waals surface area contributed by atoms with Crippen LogP contribution < -0.4 is 10.6 Å². The quantitative estimate of drug-likeness (QED) is 0.397. The van der Waals surface area contributed by atoms with Gasteiger partial charge < -0.3 is 15.5 Å². The largest absolute Gasteiger partial charge is 0.357 e. The lowest BCUT2D eigenvalue weighted by Crippen LogP contribution is -2.43. The zero-order valence-electron chi connectivity index (χ0n) is 14.5. The van der Waals surface area contributed by atoms with Crippen molar-refractivity contribution in [3.63, 3.8) is 0 Å². The van der Waals surface area contributed by atoms with Gasteiger partial charge >= 0.3 is 0 Å². The van der Waals surface area contributed by atoms with E-state index in [0.717, 1.165) is 30.5 Å². The first-order valence-corrected chi connectivity index (χ1v) is 9.17. The van der Waals surface area contributed by atoms with Crippen LogP contribution in [0.5, 0.6) is 0 Å². The molecular formula is C16H30IN5S. The molecule has 1 aromatic rings. The molecule has 1 unspecified atom stereocenters. The van der Waals surface area contributed by atoms with E-state index in [1.165, 1.54) is 30.8 Å². The van der Waals surface area contributed by atoms with Crippen LogP contribution in [-0.2, 0) is 13.0 Å². The number of hydrogen-bond acceptors (Lipinski definition) is 4. The SMILES string of the molecule is CCNC(=NCc1ncc(CC)s1)NCC1CCCN(C)C1.I. The lowest BCUT2D eigenvalue weighted by Gasteiger charge is -2.30. The maximum absolute atomic E-state index is 4.66. The molecule has 2 N–H and O–H groups in total. The van der Waals surface area contributed by atoms with Crippen molar-refractivity contribution in [2.24, 2.45) is 10.9 Å². The summed E-state index contributed by atoms with van der Waals surface area (Å²) in [7, 11) is 2.21. The second-order valence-corrected chi connectivity index (χ2v) is 7.12. The van der Waals surface area contributed by atoms with Crippen molar-refractivity contribution in [3.8, 4) is 0 Å². The molecule has 0 saturated carbocycles. The normalized spacial score (nSPS) is 19.3. The molecule has 1 aliphatic heterocycles. The van der Waals surface area contributed by atoms with E-state index in [1.54, 1.807) is 11.3 Å². The Bertz CT molecular complexity index is 477. The summed E-state index contributed by atoms with van der Waals surface area (Å²) in [5, 5.41) is 7.91. The zero-order chi connectivity index (χ0) is 15.8. The van der Waals surface area contributed by atoms with Gasteiger partial charge in [0.1, 0.15) is 5.01 Å². The van der Waals surface area contributed by atoms with Gasteiger partial charge in [-0.25, -0.2) is 9.98 Å². The minimum atomic E-state index is 0. The molecule has 5 nitrogen and oxygen atoms in total. The number of nitrogens with zero attached hydrogens (tertiary/aromatic N) is 3. The molecule has 0 bridgehead atoms. The van der Waals surface area contributed by atoms with Crippen LogP contribution >= 0.6 is 35.3 Å². The van der Waals surface area contributed by atoms with Gasteiger partial charge in [0.05, 0.1) is 6.54 Å². The fourth-order valence-corrected chi connectivity index (χ4v) is 3.54. The summed E-state index contributed by atoms with van der Waals surface area (Å²) >= 11 is 1.76. The van der Waals surface area contributed by atoms with Crippen LogP contribution in [0.4, 0.5) is 0 Å². The zero-order valence-corrected chi connectivity index (χ0v) is 17.6. The van der Waals surface area contributed by atoms with Gasteiger partial charge in [-0.3, -0.25) is 0 Å². The van der Waals surface area contributed by atoms with E-state index < -0.39 is 0 Å². The van der Waals surface area contributed by atoms with Gasteiger partial charge in [-0.15, -0.1) is 35.3 Å². The van der Waals surface area contributed by atoms with Gasteiger partial charge in [0, 0.05) is 30.7 Å². The molecule has 0 spiro atoms. The number of aliphatic imine (C=N–C) groups is 1. The Hall–Kier alpha value is -0.410. The predicted octanol–water partition coefficient (Wildman–Crippen LogP) is 2.72. The summed E-state index contributed by atoms with van der Waals surface area (Å²) in [5.41, 5.74) is 0. The molecule has 1 saturated heterocycles. The molecule has 0 amide bonds. The first-order valence-electron chi connectivity index (χ1n) is 8.35. The second-order valence-electron chi connectivity index (χ2n) is 5.92. The average Bonchev–Trinajstić information content (AvgIpc) is 2.98. The second kappa shape index (κ2) is 11.2. The number of hydrogen-bond donors (Lipinski definition) is 2. The third-order valence-electron chi connectivity index (χ3n) is 3.95. The minimum Gasteiger partial charge on any atom is -0.357 e. The maximum Gasteiger partial charge on any atom is 0.191 e. The molecule has 23 heavy (non-hydrogen) atoms. The van der Waals surface area contributed by atoms with Crippen molar-refractivity contribution in [1.29, 1.82) is 0 Å². The van der Waals surface area contributed by atoms with E-state index in [1.807, 2.05) is 6.20 Å². The topological polar surface area (TPSA) is 52.6 Å². The lowest BCUT2D eigenvalue weighted by atomic mass is 9.99. The Morgan fingerprint density at radius 3 is 2.91 bits per heavy atom. The third kappa shape index (κ3) is 7.34. The van der Waals surface area contributed by atoms with Crippen molar-refractivity contribution in [2.75, 3.05) is 33.2 Å². The molecule has 0 radical (unpaired) electrons. The highest BCUT2D eigenvalue weighted by Gasteiger charge is 2.17. The Morgan fingerprint density at radius 1 is 1.43 bits per heavy atom. The molecule has 1 aliphatic rings. The molecule has 1 aromatic heterocycles. The Balaban J connectivity index is 0.00000264. The number of likely N-dealkylation sites (tertiary alicyclic amines) is 1. The maximum atomic E-state index is 4.66. The molecule has 0 aliphatic carbocycles. The van der Waals surface area contributed by atoms with Crippen LogP contribution in [0.25, 0.3) is 0 Å². The van der Waals surface area contributed by atoms with Crippen LogP contribution in [0.2, 0.25) is 0 Å². The van der Waals surface area contributed by atoms with Gasteiger partial charge in [0.15, 0.2) is 5.96 Å². The highest BCUT2D eigenvalue weighted by Crippen LogP contribution is 2.15. The number of nitrogens with one attached hydrogen (secondary N) is 2. The Kier molecular flexibility index (Phi) is 10.0. The predicted molar refractivity (Wildman–Crippen MR) is 110 cm³/mol. The molecule has 132 valence electrons. The monoisotopic (exact) mass is 451 g/mol. The molecular weight excluding hydrogens is 421 g/mol. The summed E-state index contributed by atoms with van der Waals surface area (Å²) in [4.78, 5) is 12.8. The first-order chi connectivity index (χ1) is 10.7. The number of rotatable bonds is 6. The summed E-state index contributed by atoms with van der Waals surface area (Å²) in [6.45, 7) is 9.21. The van der Waals surface area contributed by atoms with Gasteiger partial charge in [-0.1, -0.05) is 6.92 Å². The van der Waals surface area contributed by atoms with Crippen LogP contribution in [0.3, 0.4) is 0 Å². The van der Waals surface area contributed by atoms with Crippen molar-refractivity contribution in [1.82, 2.24) is 20.5 Å². The smallest absolute Gasteiger partial charge is 0.191 e. The van der Waals surface area contributed by atoms with E-state index in [-0.39, 0.29) is 24.0 Å². The number of halogens is 1. The summed E-state index contributed by atoms with van der Waals surface area (Å²) in [6, 6.07) is 0. The fourth-order valence-electron chi connectivity index (χ4n) is 2.75. The van der Waals surface area contributed by atoms with Gasteiger partial charge in [-0.2, -0.15) is 0 Å². The standard InChI is InChI=1S/C16H29N5S.HI/c1-4-14-10-18-15(22-14)11-20-16(17-5-2)19-9-13-7-6-8-21(3)12-13;/h10,13H,4-9,11-12H2,1-3H3,(H2,17,19,20);1H. The van der Waals surface area contributed by atoms with Crippen molar-refractivity contribution in [2.45, 2.75) is 39.7 Å². The molecule has 1 fully saturated rings. The third-order valence-corrected chi connectivity index (χ3v) is 5.07. The summed E-state index contributed by atoms with van der Waals surface area (Å²) in [6.07, 6.45) is 5.63. The Morgan fingerprint density at radius 2 is 2.26 bits per heavy atom. The minimum absolute atomic E-state index is 0. The number of thiazole rings is 1. The highest BCUT2D eigenvalue weighted by molar-refractivity contribution is 14.0. The molecule has 7 heteroatoms. The van der Waals surface area contributed by atoms with Crippen molar-refractivity contribution < 1.29 is 0 Å². The van der Waals surface area contributed by atoms with Gasteiger partial charge in [-0.05, 0) is 45.7 Å². The molecule has 0 aromatic carbocycles. The number of aromatic nitrogens is 1. The Labute approximate surface area is 161 Å². The lowest BCUT2D eigenvalue weighted by molar-refractivity contribution is 0.210. The molecule has 1 atom stereocenters. The number of aryl methyl sites for hydroxylation is 1. The van der Waals surface area contributed by atoms with Crippen LogP contribution in [0.1, 0.15) is 36.6 Å². The average molecular weight is 451 g/mol. The first kappa shape index (κ1) is 20.6.